The molecule has 4 aromatic rings. The van der Waals surface area contributed by atoms with Crippen molar-refractivity contribution in [2.24, 2.45) is 0 Å². The van der Waals surface area contributed by atoms with Gasteiger partial charge in [-0.05, 0) is 73.2 Å². The Bertz CT molecular complexity index is 1360. The van der Waals surface area contributed by atoms with E-state index in [0.717, 1.165) is 0 Å². The van der Waals surface area contributed by atoms with Gasteiger partial charge in [0.25, 0.3) is 5.91 Å². The van der Waals surface area contributed by atoms with E-state index in [2.05, 4.69) is 15.4 Å². The van der Waals surface area contributed by atoms with E-state index >= 15 is 0 Å². The number of hydrogen-bond donors (Lipinski definition) is 1. The van der Waals surface area contributed by atoms with Crippen LogP contribution in [0, 0.1) is 12.7 Å². The molecule has 1 aromatic heterocycles. The average Bonchev–Trinajstić information content (AvgIpc) is 3.27. The molecule has 1 heterocycles. The van der Waals surface area contributed by atoms with Gasteiger partial charge in [-0.25, -0.2) is 9.07 Å². The van der Waals surface area contributed by atoms with E-state index in [1.165, 1.54) is 18.2 Å². The molecule has 1 amide bonds. The highest BCUT2D eigenvalue weighted by Crippen LogP contribution is 2.30. The van der Waals surface area contributed by atoms with Crippen LogP contribution in [0.4, 0.5) is 10.1 Å². The van der Waals surface area contributed by atoms with Gasteiger partial charge >= 0.3 is 6.01 Å². The molecule has 3 aromatic carbocycles. The highest BCUT2D eigenvalue weighted by Gasteiger charge is 2.16. The van der Waals surface area contributed by atoms with E-state index in [-0.39, 0.29) is 24.3 Å². The summed E-state index contributed by atoms with van der Waals surface area (Å²) in [6.45, 7) is 2.28. The van der Waals surface area contributed by atoms with Crippen molar-refractivity contribution in [3.05, 3.63) is 87.7 Å². The minimum atomic E-state index is -0.359. The maximum atomic E-state index is 13.5. The lowest BCUT2D eigenvalue weighted by atomic mass is 10.1. The summed E-state index contributed by atoms with van der Waals surface area (Å²) in [6.07, 6.45) is 0. The lowest BCUT2D eigenvalue weighted by molar-refractivity contribution is 0.102. The maximum absolute atomic E-state index is 13.5. The van der Waals surface area contributed by atoms with Gasteiger partial charge in [0.05, 0.1) is 22.3 Å². The van der Waals surface area contributed by atoms with Crippen molar-refractivity contribution in [2.75, 3.05) is 25.6 Å². The Morgan fingerprint density at radius 1 is 1.03 bits per heavy atom. The molecule has 0 atom stereocenters. The normalized spacial score (nSPS) is 10.9. The number of amides is 1. The first-order valence-corrected chi connectivity index (χ1v) is 11.3. The number of aromatic nitrogens is 3. The number of carbonyl (C=O) groups excluding carboxylic acids is 1. The van der Waals surface area contributed by atoms with Crippen molar-refractivity contribution in [1.29, 1.82) is 0 Å². The lowest BCUT2D eigenvalue weighted by Crippen LogP contribution is -2.12. The molecule has 0 spiro atoms. The first-order chi connectivity index (χ1) is 16.9. The first kappa shape index (κ1) is 24.7. The van der Waals surface area contributed by atoms with Gasteiger partial charge < -0.3 is 14.8 Å². The Morgan fingerprint density at radius 3 is 2.49 bits per heavy atom. The molecular formula is C25H21Cl2FN4O3. The molecule has 10 heteroatoms. The predicted molar refractivity (Wildman–Crippen MR) is 133 cm³/mol. The zero-order chi connectivity index (χ0) is 24.9. The predicted octanol–water partition coefficient (Wildman–Crippen LogP) is 5.97. The van der Waals surface area contributed by atoms with Crippen LogP contribution in [-0.2, 0) is 4.74 Å². The van der Waals surface area contributed by atoms with Crippen LogP contribution in [0.5, 0.6) is 6.01 Å². The Morgan fingerprint density at radius 2 is 1.80 bits per heavy atom. The van der Waals surface area contributed by atoms with E-state index in [1.54, 1.807) is 61.2 Å². The molecular weight excluding hydrogens is 494 g/mol. The molecule has 0 fully saturated rings. The Hall–Kier alpha value is -3.46. The van der Waals surface area contributed by atoms with E-state index < -0.39 is 0 Å². The molecule has 0 aliphatic heterocycles. The van der Waals surface area contributed by atoms with Crippen LogP contribution < -0.4 is 10.1 Å². The van der Waals surface area contributed by atoms with Crippen molar-refractivity contribution in [1.82, 2.24) is 14.8 Å². The molecule has 35 heavy (non-hydrogen) atoms. The minimum absolute atomic E-state index is 0.173. The van der Waals surface area contributed by atoms with Crippen LogP contribution in [0.25, 0.3) is 17.1 Å². The number of methoxy groups -OCH3 is 1. The number of anilines is 1. The molecule has 0 radical (unpaired) electrons. The van der Waals surface area contributed by atoms with E-state index in [0.29, 0.717) is 50.5 Å². The third kappa shape index (κ3) is 5.79. The molecule has 1 N–H and O–H groups in total. The van der Waals surface area contributed by atoms with Crippen LogP contribution in [-0.4, -0.2) is 41.0 Å². The van der Waals surface area contributed by atoms with Crippen molar-refractivity contribution < 1.29 is 18.7 Å². The standard InChI is InChI=1S/C25H21Cl2FN4O3/c1-15-13-17(4-10-22(15)28)24(33)29-18-5-7-19(8-6-18)32-23(16-3-9-20(26)21(27)14-16)30-25(31-32)35-12-11-34-2/h3-10,13-14H,11-12H2,1-2H3,(H,29,33). The zero-order valence-corrected chi connectivity index (χ0v) is 20.4. The van der Waals surface area contributed by atoms with E-state index in [9.17, 15) is 9.18 Å². The van der Waals surface area contributed by atoms with Crippen LogP contribution >= 0.6 is 23.2 Å². The second kappa shape index (κ2) is 10.9. The number of hydrogen-bond acceptors (Lipinski definition) is 5. The van der Waals surface area contributed by atoms with Crippen molar-refractivity contribution >= 4 is 34.8 Å². The number of rotatable bonds is 8. The number of ether oxygens (including phenoxy) is 2. The molecule has 4 rings (SSSR count). The quantitative estimate of drug-likeness (QED) is 0.293. The van der Waals surface area contributed by atoms with E-state index in [1.807, 2.05) is 0 Å². The first-order valence-electron chi connectivity index (χ1n) is 10.6. The fourth-order valence-corrected chi connectivity index (χ4v) is 3.55. The topological polar surface area (TPSA) is 78.3 Å². The van der Waals surface area contributed by atoms with Gasteiger partial charge in [-0.1, -0.05) is 23.2 Å². The average molecular weight is 515 g/mol. The Kier molecular flexibility index (Phi) is 7.65. The minimum Gasteiger partial charge on any atom is -0.460 e. The third-order valence-electron chi connectivity index (χ3n) is 5.07. The SMILES string of the molecule is COCCOc1nc(-c2ccc(Cl)c(Cl)c2)n(-c2ccc(NC(=O)c3ccc(F)c(C)c3)cc2)n1. The summed E-state index contributed by atoms with van der Waals surface area (Å²) in [5.74, 6) is -0.205. The highest BCUT2D eigenvalue weighted by atomic mass is 35.5. The number of aryl methyl sites for hydroxylation is 1. The number of carbonyl (C=O) groups is 1. The Labute approximate surface area is 211 Å². The van der Waals surface area contributed by atoms with Gasteiger partial charge in [-0.3, -0.25) is 4.79 Å². The van der Waals surface area contributed by atoms with Crippen molar-refractivity contribution in [3.63, 3.8) is 0 Å². The van der Waals surface area contributed by atoms with Crippen LogP contribution in [0.2, 0.25) is 10.0 Å². The number of benzene rings is 3. The summed E-state index contributed by atoms with van der Waals surface area (Å²) in [5.41, 5.74) is 2.70. The fraction of sp³-hybridized carbons (Fsp3) is 0.160. The van der Waals surface area contributed by atoms with Gasteiger partial charge in [-0.15, -0.1) is 5.10 Å². The second-order valence-electron chi connectivity index (χ2n) is 7.56. The number of nitrogens with zero attached hydrogens (tertiary/aromatic N) is 3. The summed E-state index contributed by atoms with van der Waals surface area (Å²) < 4.78 is 25.7. The smallest absolute Gasteiger partial charge is 0.336 e. The highest BCUT2D eigenvalue weighted by molar-refractivity contribution is 6.42. The molecule has 0 saturated carbocycles. The summed E-state index contributed by atoms with van der Waals surface area (Å²) in [7, 11) is 1.58. The second-order valence-corrected chi connectivity index (χ2v) is 8.38. The lowest BCUT2D eigenvalue weighted by Gasteiger charge is -2.09. The fourth-order valence-electron chi connectivity index (χ4n) is 3.25. The molecule has 180 valence electrons. The molecule has 0 aliphatic rings. The summed E-state index contributed by atoms with van der Waals surface area (Å²) in [5, 5.41) is 8.08. The van der Waals surface area contributed by atoms with Crippen LogP contribution in [0.15, 0.2) is 60.7 Å². The van der Waals surface area contributed by atoms with Gasteiger partial charge in [0.2, 0.25) is 0 Å². The van der Waals surface area contributed by atoms with Gasteiger partial charge in [0.15, 0.2) is 5.82 Å². The number of nitrogens with one attached hydrogen (secondary N) is 1. The maximum Gasteiger partial charge on any atom is 0.336 e. The molecule has 0 bridgehead atoms. The summed E-state index contributed by atoms with van der Waals surface area (Å²) in [4.78, 5) is 17.0. The third-order valence-corrected chi connectivity index (χ3v) is 5.81. The van der Waals surface area contributed by atoms with Crippen LogP contribution in [0.1, 0.15) is 15.9 Å². The molecule has 0 unspecified atom stereocenters. The monoisotopic (exact) mass is 514 g/mol. The summed E-state index contributed by atoms with van der Waals surface area (Å²) >= 11 is 12.3. The van der Waals surface area contributed by atoms with E-state index in [4.69, 9.17) is 32.7 Å². The van der Waals surface area contributed by atoms with Gasteiger partial charge in [0.1, 0.15) is 12.4 Å². The largest absolute Gasteiger partial charge is 0.460 e. The molecule has 0 aliphatic carbocycles. The van der Waals surface area contributed by atoms with Gasteiger partial charge in [0, 0.05) is 23.9 Å². The van der Waals surface area contributed by atoms with Gasteiger partial charge in [-0.2, -0.15) is 4.98 Å². The molecule has 0 saturated heterocycles. The zero-order valence-electron chi connectivity index (χ0n) is 18.9. The summed E-state index contributed by atoms with van der Waals surface area (Å²) in [6, 6.07) is 16.6. The molecule has 7 nitrogen and oxygen atoms in total. The Balaban J connectivity index is 1.61. The van der Waals surface area contributed by atoms with Crippen molar-refractivity contribution in [3.8, 4) is 23.1 Å². The van der Waals surface area contributed by atoms with Crippen LogP contribution in [0.3, 0.4) is 0 Å². The van der Waals surface area contributed by atoms with Crippen molar-refractivity contribution in [2.45, 2.75) is 6.92 Å². The number of halogens is 3.